The van der Waals surface area contributed by atoms with Crippen molar-refractivity contribution in [2.75, 3.05) is 46.6 Å². The molecule has 0 unspecified atom stereocenters. The van der Waals surface area contributed by atoms with Crippen LogP contribution < -0.4 is 10.1 Å². The van der Waals surface area contributed by atoms with Gasteiger partial charge in [0.15, 0.2) is 0 Å². The van der Waals surface area contributed by atoms with E-state index in [0.29, 0.717) is 13.2 Å². The largest absolute Gasteiger partial charge is 0.491 e. The molecular weight excluding hydrogens is 242 g/mol. The molecule has 0 bridgehead atoms. The summed E-state index contributed by atoms with van der Waals surface area (Å²) in [5.74, 6) is 0.954. The van der Waals surface area contributed by atoms with E-state index in [1.54, 1.807) is 7.11 Å². The fraction of sp³-hybridized carbons (Fsp3) is 0.600. The summed E-state index contributed by atoms with van der Waals surface area (Å²) in [4.78, 5) is 0. The van der Waals surface area contributed by atoms with Crippen LogP contribution in [0, 0.1) is 13.8 Å². The quantitative estimate of drug-likeness (QED) is 0.642. The Morgan fingerprint density at radius 3 is 2.58 bits per heavy atom. The molecule has 0 fully saturated rings. The fourth-order valence-electron chi connectivity index (χ4n) is 1.69. The molecule has 1 aromatic carbocycles. The second-order valence-electron chi connectivity index (χ2n) is 4.59. The topological polar surface area (TPSA) is 44.3 Å². The zero-order valence-electron chi connectivity index (χ0n) is 12.3. The number of nitrogens with two attached hydrogens (primary N) is 1. The molecule has 2 N–H and O–H groups in total. The van der Waals surface area contributed by atoms with Crippen molar-refractivity contribution in [1.82, 2.24) is 0 Å². The number of methoxy groups -OCH3 is 1. The van der Waals surface area contributed by atoms with E-state index in [4.69, 9.17) is 14.2 Å². The third-order valence-electron chi connectivity index (χ3n) is 2.82. The molecule has 0 spiro atoms. The number of benzene rings is 1. The van der Waals surface area contributed by atoms with Crippen LogP contribution in [0.1, 0.15) is 11.1 Å². The van der Waals surface area contributed by atoms with E-state index in [-0.39, 0.29) is 0 Å². The summed E-state index contributed by atoms with van der Waals surface area (Å²) >= 11 is 0. The maximum absolute atomic E-state index is 5.71. The fourth-order valence-corrected chi connectivity index (χ4v) is 1.69. The molecule has 0 radical (unpaired) electrons. The van der Waals surface area contributed by atoms with Crippen molar-refractivity contribution in [3.8, 4) is 5.75 Å². The average molecular weight is 268 g/mol. The number of rotatable bonds is 10. The summed E-state index contributed by atoms with van der Waals surface area (Å²) < 4.78 is 16.2. The highest BCUT2D eigenvalue weighted by molar-refractivity contribution is 5.35. The van der Waals surface area contributed by atoms with E-state index < -0.39 is 0 Å². The second kappa shape index (κ2) is 9.78. The van der Waals surface area contributed by atoms with Gasteiger partial charge in [-0.2, -0.15) is 0 Å². The molecule has 0 heterocycles. The van der Waals surface area contributed by atoms with Gasteiger partial charge in [-0.1, -0.05) is 12.1 Å². The predicted octanol–water partition coefficient (Wildman–Crippen LogP) is 0.909. The minimum atomic E-state index is 0.600. The van der Waals surface area contributed by atoms with Crippen LogP contribution in [0.25, 0.3) is 0 Å². The maximum Gasteiger partial charge on any atom is 0.122 e. The van der Waals surface area contributed by atoms with Crippen molar-refractivity contribution in [3.05, 3.63) is 29.3 Å². The van der Waals surface area contributed by atoms with Gasteiger partial charge in [0.1, 0.15) is 12.4 Å². The minimum absolute atomic E-state index is 0.600. The standard InChI is InChI=1S/C15H25NO3/c1-13-4-5-14(2)15(12-13)19-11-10-18-9-7-16-6-8-17-3/h4-5,12,16H,6-11H2,1-3H3/p+1. The molecule has 108 valence electrons. The lowest BCUT2D eigenvalue weighted by molar-refractivity contribution is -0.657. The van der Waals surface area contributed by atoms with Crippen molar-refractivity contribution in [2.24, 2.45) is 0 Å². The molecule has 0 atom stereocenters. The summed E-state index contributed by atoms with van der Waals surface area (Å²) in [7, 11) is 1.72. The van der Waals surface area contributed by atoms with Crippen LogP contribution in [-0.4, -0.2) is 46.6 Å². The van der Waals surface area contributed by atoms with Gasteiger partial charge < -0.3 is 19.5 Å². The summed E-state index contributed by atoms with van der Waals surface area (Å²) in [6.45, 7) is 8.84. The molecule has 1 rings (SSSR count). The minimum Gasteiger partial charge on any atom is -0.491 e. The Balaban J connectivity index is 2.03. The highest BCUT2D eigenvalue weighted by Crippen LogP contribution is 2.18. The molecule has 19 heavy (non-hydrogen) atoms. The van der Waals surface area contributed by atoms with Gasteiger partial charge in [0.25, 0.3) is 0 Å². The number of aryl methyl sites for hydroxylation is 2. The molecule has 4 heteroatoms. The molecule has 0 amide bonds. The smallest absolute Gasteiger partial charge is 0.122 e. The lowest BCUT2D eigenvalue weighted by Crippen LogP contribution is -2.86. The third kappa shape index (κ3) is 7.15. The van der Waals surface area contributed by atoms with Crippen molar-refractivity contribution in [3.63, 3.8) is 0 Å². The first-order valence-electron chi connectivity index (χ1n) is 6.82. The van der Waals surface area contributed by atoms with Gasteiger partial charge in [-0.3, -0.25) is 0 Å². The van der Waals surface area contributed by atoms with Crippen molar-refractivity contribution in [2.45, 2.75) is 13.8 Å². The Bertz CT molecular complexity index is 355. The van der Waals surface area contributed by atoms with E-state index >= 15 is 0 Å². The molecule has 0 aliphatic carbocycles. The van der Waals surface area contributed by atoms with Crippen LogP contribution in [0.15, 0.2) is 18.2 Å². The number of hydrogen-bond donors (Lipinski definition) is 1. The van der Waals surface area contributed by atoms with Gasteiger partial charge in [-0.15, -0.1) is 0 Å². The monoisotopic (exact) mass is 268 g/mol. The number of ether oxygens (including phenoxy) is 3. The zero-order valence-corrected chi connectivity index (χ0v) is 12.3. The Hall–Kier alpha value is -1.10. The SMILES string of the molecule is COCC[NH2+]CCOCCOc1cc(C)ccc1C. The molecule has 0 aliphatic heterocycles. The van der Waals surface area contributed by atoms with Crippen molar-refractivity contribution >= 4 is 0 Å². The van der Waals surface area contributed by atoms with E-state index in [1.807, 2.05) is 0 Å². The third-order valence-corrected chi connectivity index (χ3v) is 2.82. The molecular formula is C15H26NO3+. The van der Waals surface area contributed by atoms with Crippen LogP contribution in [0.2, 0.25) is 0 Å². The first-order chi connectivity index (χ1) is 9.24. The molecule has 0 saturated carbocycles. The first-order valence-corrected chi connectivity index (χ1v) is 6.82. The lowest BCUT2D eigenvalue weighted by Gasteiger charge is -2.10. The van der Waals surface area contributed by atoms with Crippen molar-refractivity contribution < 1.29 is 19.5 Å². The Kier molecular flexibility index (Phi) is 8.21. The summed E-state index contributed by atoms with van der Waals surface area (Å²) in [6.07, 6.45) is 0. The van der Waals surface area contributed by atoms with E-state index in [0.717, 1.165) is 32.1 Å². The van der Waals surface area contributed by atoms with Crippen LogP contribution in [0.3, 0.4) is 0 Å². The van der Waals surface area contributed by atoms with E-state index in [1.165, 1.54) is 11.1 Å². The Morgan fingerprint density at radius 1 is 1.00 bits per heavy atom. The van der Waals surface area contributed by atoms with Gasteiger partial charge >= 0.3 is 0 Å². The molecule has 4 nitrogen and oxygen atoms in total. The van der Waals surface area contributed by atoms with Gasteiger partial charge in [0.05, 0.1) is 32.9 Å². The van der Waals surface area contributed by atoms with Gasteiger partial charge in [-0.25, -0.2) is 0 Å². The second-order valence-corrected chi connectivity index (χ2v) is 4.59. The summed E-state index contributed by atoms with van der Waals surface area (Å²) in [5, 5.41) is 2.19. The molecule has 1 aromatic rings. The lowest BCUT2D eigenvalue weighted by atomic mass is 10.1. The van der Waals surface area contributed by atoms with Gasteiger partial charge in [0.2, 0.25) is 0 Å². The average Bonchev–Trinajstić information content (AvgIpc) is 2.40. The molecule has 0 saturated heterocycles. The van der Waals surface area contributed by atoms with Gasteiger partial charge in [0, 0.05) is 7.11 Å². The normalized spacial score (nSPS) is 10.7. The predicted molar refractivity (Wildman–Crippen MR) is 75.8 cm³/mol. The maximum atomic E-state index is 5.71. The Labute approximate surface area is 116 Å². The highest BCUT2D eigenvalue weighted by Gasteiger charge is 1.99. The molecule has 0 aromatic heterocycles. The van der Waals surface area contributed by atoms with Crippen LogP contribution in [-0.2, 0) is 9.47 Å². The van der Waals surface area contributed by atoms with Crippen LogP contribution in [0.5, 0.6) is 5.75 Å². The first kappa shape index (κ1) is 16.0. The van der Waals surface area contributed by atoms with Crippen molar-refractivity contribution in [1.29, 1.82) is 0 Å². The van der Waals surface area contributed by atoms with Gasteiger partial charge in [-0.05, 0) is 31.0 Å². The summed E-state index contributed by atoms with van der Waals surface area (Å²) in [5.41, 5.74) is 2.38. The van der Waals surface area contributed by atoms with E-state index in [2.05, 4.69) is 37.4 Å². The summed E-state index contributed by atoms with van der Waals surface area (Å²) in [6, 6.07) is 6.23. The number of hydrogen-bond acceptors (Lipinski definition) is 3. The molecule has 0 aliphatic rings. The van der Waals surface area contributed by atoms with Crippen LogP contribution >= 0.6 is 0 Å². The number of quaternary nitrogens is 1. The zero-order chi connectivity index (χ0) is 13.9. The van der Waals surface area contributed by atoms with Crippen LogP contribution in [0.4, 0.5) is 0 Å². The Morgan fingerprint density at radius 2 is 1.79 bits per heavy atom. The highest BCUT2D eigenvalue weighted by atomic mass is 16.5. The van der Waals surface area contributed by atoms with E-state index in [9.17, 15) is 0 Å².